The third-order valence-corrected chi connectivity index (χ3v) is 6.16. The lowest BCUT2D eigenvalue weighted by molar-refractivity contribution is 0.0916. The number of hydrogen-bond acceptors (Lipinski definition) is 5. The first-order chi connectivity index (χ1) is 17.0. The van der Waals surface area contributed by atoms with Gasteiger partial charge < -0.3 is 20.3 Å². The Morgan fingerprint density at radius 3 is 2.94 bits per heavy atom. The van der Waals surface area contributed by atoms with E-state index in [9.17, 15) is 9.90 Å². The summed E-state index contributed by atoms with van der Waals surface area (Å²) in [6.07, 6.45) is 10.5. The van der Waals surface area contributed by atoms with Gasteiger partial charge in [0.15, 0.2) is 0 Å². The molecule has 1 atom stereocenters. The van der Waals surface area contributed by atoms with E-state index in [0.29, 0.717) is 22.4 Å². The molecule has 1 aliphatic rings. The highest BCUT2D eigenvalue weighted by molar-refractivity contribution is 6.30. The van der Waals surface area contributed by atoms with Crippen LogP contribution in [-0.4, -0.2) is 32.2 Å². The molecule has 0 aliphatic heterocycles. The maximum absolute atomic E-state index is 12.9. The number of aromatic nitrogens is 3. The summed E-state index contributed by atoms with van der Waals surface area (Å²) in [5.74, 6) is 0.823. The zero-order valence-corrected chi connectivity index (χ0v) is 19.8. The zero-order chi connectivity index (χ0) is 24.4. The molecule has 8 heteroatoms. The highest BCUT2D eigenvalue weighted by Gasteiger charge is 2.17. The molecular weight excluding hydrogens is 462 g/mol. The van der Waals surface area contributed by atoms with Crippen molar-refractivity contribution in [3.63, 3.8) is 0 Å². The molecule has 5 rings (SSSR count). The number of rotatable bonds is 7. The van der Waals surface area contributed by atoms with Gasteiger partial charge in [-0.3, -0.25) is 4.79 Å². The van der Waals surface area contributed by atoms with Gasteiger partial charge >= 0.3 is 0 Å². The molecule has 4 aromatic rings. The third-order valence-electron chi connectivity index (χ3n) is 5.92. The first kappa shape index (κ1) is 22.8. The molecule has 1 unspecified atom stereocenters. The van der Waals surface area contributed by atoms with Crippen molar-refractivity contribution < 1.29 is 9.90 Å². The van der Waals surface area contributed by atoms with E-state index in [4.69, 9.17) is 11.6 Å². The summed E-state index contributed by atoms with van der Waals surface area (Å²) >= 11 is 6.06. The van der Waals surface area contributed by atoms with Gasteiger partial charge in [-0.15, -0.1) is 0 Å². The quantitative estimate of drug-likeness (QED) is 0.342. The molecule has 176 valence electrons. The van der Waals surface area contributed by atoms with Crippen LogP contribution in [0.1, 0.15) is 38.7 Å². The fourth-order valence-corrected chi connectivity index (χ4v) is 4.27. The van der Waals surface area contributed by atoms with Crippen molar-refractivity contribution in [1.82, 2.24) is 19.9 Å². The smallest absolute Gasteiger partial charge is 0.253 e. The largest absolute Gasteiger partial charge is 0.394 e. The average molecular weight is 486 g/mol. The Morgan fingerprint density at radius 1 is 1.23 bits per heavy atom. The molecule has 0 fully saturated rings. The van der Waals surface area contributed by atoms with Crippen molar-refractivity contribution in [2.75, 3.05) is 11.9 Å². The van der Waals surface area contributed by atoms with E-state index >= 15 is 0 Å². The first-order valence-corrected chi connectivity index (χ1v) is 11.6. The minimum Gasteiger partial charge on any atom is -0.394 e. The molecule has 1 aliphatic carbocycles. The van der Waals surface area contributed by atoms with Crippen molar-refractivity contribution in [2.24, 2.45) is 0 Å². The van der Waals surface area contributed by atoms with Crippen LogP contribution in [0.5, 0.6) is 0 Å². The van der Waals surface area contributed by atoms with E-state index in [1.54, 1.807) is 47.4 Å². The van der Waals surface area contributed by atoms with Gasteiger partial charge in [-0.2, -0.15) is 4.98 Å². The maximum atomic E-state index is 12.9. The summed E-state index contributed by atoms with van der Waals surface area (Å²) in [4.78, 5) is 22.0. The van der Waals surface area contributed by atoms with Gasteiger partial charge in [0.2, 0.25) is 5.95 Å². The van der Waals surface area contributed by atoms with E-state index in [1.807, 2.05) is 19.1 Å². The Hall–Kier alpha value is -3.94. The monoisotopic (exact) mass is 485 g/mol. The van der Waals surface area contributed by atoms with Gasteiger partial charge in [0.1, 0.15) is 5.82 Å². The number of carbonyl (C=O) groups excluding carboxylic acids is 1. The highest BCUT2D eigenvalue weighted by Crippen LogP contribution is 2.25. The van der Waals surface area contributed by atoms with E-state index in [1.165, 1.54) is 11.1 Å². The molecule has 2 aromatic heterocycles. The zero-order valence-electron chi connectivity index (χ0n) is 19.1. The number of hydrogen-bond donors (Lipinski definition) is 3. The average Bonchev–Trinajstić information content (AvgIpc) is 3.53. The number of aryl methyl sites for hydroxylation is 1. The summed E-state index contributed by atoms with van der Waals surface area (Å²) in [7, 11) is 0. The summed E-state index contributed by atoms with van der Waals surface area (Å²) in [6, 6.07) is 14.4. The molecule has 0 bridgehead atoms. The summed E-state index contributed by atoms with van der Waals surface area (Å²) in [5, 5.41) is 16.5. The molecule has 2 aromatic carbocycles. The van der Waals surface area contributed by atoms with Crippen LogP contribution in [0.4, 0.5) is 11.6 Å². The fourth-order valence-electron chi connectivity index (χ4n) is 4.07. The van der Waals surface area contributed by atoms with Crippen LogP contribution >= 0.6 is 11.6 Å². The Bertz CT molecular complexity index is 1430. The van der Waals surface area contributed by atoms with Crippen LogP contribution in [0.2, 0.25) is 5.02 Å². The molecule has 0 saturated heterocycles. The van der Waals surface area contributed by atoms with Crippen LogP contribution in [0, 0.1) is 6.92 Å². The van der Waals surface area contributed by atoms with Gasteiger partial charge in [0.25, 0.3) is 5.91 Å². The molecule has 35 heavy (non-hydrogen) atoms. The lowest BCUT2D eigenvalue weighted by Crippen LogP contribution is -2.30. The maximum Gasteiger partial charge on any atom is 0.253 e. The number of benzene rings is 2. The number of aliphatic hydroxyl groups excluding tert-OH is 1. The van der Waals surface area contributed by atoms with E-state index in [-0.39, 0.29) is 12.5 Å². The fraction of sp³-hybridized carbons (Fsp3) is 0.148. The Labute approximate surface area is 208 Å². The van der Waals surface area contributed by atoms with Crippen molar-refractivity contribution in [1.29, 1.82) is 0 Å². The van der Waals surface area contributed by atoms with Gasteiger partial charge in [-0.25, -0.2) is 4.98 Å². The van der Waals surface area contributed by atoms with E-state index < -0.39 is 6.04 Å². The summed E-state index contributed by atoms with van der Waals surface area (Å²) < 4.78 is 1.79. The standard InChI is InChI=1S/C27H24ClN5O2/c1-17-14-29-27(30-23-9-8-18-4-2-5-19(18)13-23)32-25(17)33-11-10-21(15-33)26(35)31-24(16-34)20-6-3-7-22(28)12-20/h2-3,5-15,24,34H,4,16H2,1H3,(H,31,35)(H,29,30,32). The van der Waals surface area contributed by atoms with Crippen LogP contribution in [-0.2, 0) is 6.42 Å². The number of fused-ring (bicyclic) bond motifs is 1. The summed E-state index contributed by atoms with van der Waals surface area (Å²) in [6.45, 7) is 1.67. The van der Waals surface area contributed by atoms with Gasteiger partial charge in [0, 0.05) is 34.9 Å². The number of halogens is 1. The molecule has 1 amide bonds. The van der Waals surface area contributed by atoms with Crippen LogP contribution in [0.3, 0.4) is 0 Å². The molecule has 0 radical (unpaired) electrons. The lowest BCUT2D eigenvalue weighted by Gasteiger charge is -2.16. The Balaban J connectivity index is 1.34. The molecule has 3 N–H and O–H groups in total. The van der Waals surface area contributed by atoms with E-state index in [0.717, 1.165) is 23.2 Å². The van der Waals surface area contributed by atoms with Gasteiger partial charge in [-0.05, 0) is 60.4 Å². The van der Waals surface area contributed by atoms with Crippen LogP contribution < -0.4 is 10.6 Å². The first-order valence-electron chi connectivity index (χ1n) is 11.3. The van der Waals surface area contributed by atoms with Crippen molar-refractivity contribution in [2.45, 2.75) is 19.4 Å². The normalized spacial score (nSPS) is 12.9. The number of aliphatic hydroxyl groups is 1. The van der Waals surface area contributed by atoms with Crippen molar-refractivity contribution in [3.8, 4) is 5.82 Å². The Morgan fingerprint density at radius 2 is 2.11 bits per heavy atom. The molecule has 0 spiro atoms. The number of carbonyl (C=O) groups is 1. The highest BCUT2D eigenvalue weighted by atomic mass is 35.5. The van der Waals surface area contributed by atoms with Crippen LogP contribution in [0.25, 0.3) is 11.9 Å². The topological polar surface area (TPSA) is 92.1 Å². The number of amides is 1. The van der Waals surface area contributed by atoms with Crippen LogP contribution in [0.15, 0.2) is 73.2 Å². The lowest BCUT2D eigenvalue weighted by atomic mass is 10.1. The third kappa shape index (κ3) is 4.96. The molecule has 7 nitrogen and oxygen atoms in total. The molecular formula is C27H24ClN5O2. The second-order valence-corrected chi connectivity index (χ2v) is 8.85. The SMILES string of the molecule is Cc1cnc(Nc2ccc3c(c2)C=CC3)nc1-n1ccc(C(=O)NC(CO)c2cccc(Cl)c2)c1. The predicted octanol–water partition coefficient (Wildman–Crippen LogP) is 5.01. The van der Waals surface area contributed by atoms with E-state index in [2.05, 4.69) is 44.9 Å². The van der Waals surface area contributed by atoms with Crippen molar-refractivity contribution in [3.05, 3.63) is 106 Å². The van der Waals surface area contributed by atoms with Gasteiger partial charge in [-0.1, -0.05) is 42.0 Å². The molecule has 2 heterocycles. The summed E-state index contributed by atoms with van der Waals surface area (Å²) in [5.41, 5.74) is 5.46. The van der Waals surface area contributed by atoms with Crippen molar-refractivity contribution >= 4 is 35.2 Å². The second-order valence-electron chi connectivity index (χ2n) is 8.42. The predicted molar refractivity (Wildman–Crippen MR) is 137 cm³/mol. The number of nitrogens with one attached hydrogen (secondary N) is 2. The Kier molecular flexibility index (Phi) is 6.35. The number of anilines is 2. The molecule has 0 saturated carbocycles. The van der Waals surface area contributed by atoms with Gasteiger partial charge in [0.05, 0.1) is 18.2 Å². The second kappa shape index (κ2) is 9.74. The number of nitrogens with zero attached hydrogens (tertiary/aromatic N) is 3. The minimum atomic E-state index is -0.566. The minimum absolute atomic E-state index is 0.245. The number of allylic oxidation sites excluding steroid dienone is 1.